The smallest absolute Gasteiger partial charge is 0.323 e. The average molecular weight is 378 g/mol. The lowest BCUT2D eigenvalue weighted by atomic mass is 10.1. The number of nitrogens with one attached hydrogen (secondary N) is 3. The molecule has 5 nitrogen and oxygen atoms in total. The molecule has 1 saturated carbocycles. The van der Waals surface area contributed by atoms with Crippen LogP contribution in [-0.2, 0) is 4.79 Å². The van der Waals surface area contributed by atoms with E-state index in [4.69, 9.17) is 23.2 Å². The number of alkyl halides is 2. The molecule has 7 heteroatoms. The maximum Gasteiger partial charge on any atom is 0.323 e. The molecule has 1 unspecified atom stereocenters. The van der Waals surface area contributed by atoms with E-state index in [2.05, 4.69) is 16.0 Å². The molecular weight excluding hydrogens is 361 g/mol. The summed E-state index contributed by atoms with van der Waals surface area (Å²) in [6, 6.07) is 15.6. The zero-order valence-electron chi connectivity index (χ0n) is 13.5. The summed E-state index contributed by atoms with van der Waals surface area (Å²) in [4.78, 5) is 24.3. The van der Waals surface area contributed by atoms with Gasteiger partial charge in [-0.1, -0.05) is 24.3 Å². The van der Waals surface area contributed by atoms with Crippen LogP contribution >= 0.6 is 23.2 Å². The van der Waals surface area contributed by atoms with E-state index in [1.54, 1.807) is 43.3 Å². The molecular formula is C18H17Cl2N3O2. The van der Waals surface area contributed by atoms with Gasteiger partial charge < -0.3 is 16.0 Å². The highest BCUT2D eigenvalue weighted by Gasteiger charge is 2.67. The Morgan fingerprint density at radius 2 is 1.40 bits per heavy atom. The number of halogens is 2. The predicted molar refractivity (Wildman–Crippen MR) is 101 cm³/mol. The molecule has 130 valence electrons. The highest BCUT2D eigenvalue weighted by atomic mass is 35.5. The summed E-state index contributed by atoms with van der Waals surface area (Å²) >= 11 is 12.1. The topological polar surface area (TPSA) is 70.2 Å². The number of benzene rings is 2. The fourth-order valence-corrected chi connectivity index (χ4v) is 3.11. The summed E-state index contributed by atoms with van der Waals surface area (Å²) in [7, 11) is 0. The molecule has 1 atom stereocenters. The van der Waals surface area contributed by atoms with E-state index in [9.17, 15) is 9.59 Å². The van der Waals surface area contributed by atoms with Gasteiger partial charge in [0.2, 0.25) is 5.91 Å². The van der Waals surface area contributed by atoms with Gasteiger partial charge in [0.25, 0.3) is 0 Å². The van der Waals surface area contributed by atoms with Crippen LogP contribution in [0.3, 0.4) is 0 Å². The van der Waals surface area contributed by atoms with Crippen LogP contribution in [0.15, 0.2) is 54.6 Å². The summed E-state index contributed by atoms with van der Waals surface area (Å²) in [5, 5.41) is 8.23. The maximum atomic E-state index is 12.3. The quantitative estimate of drug-likeness (QED) is 0.666. The second-order valence-electron chi connectivity index (χ2n) is 6.19. The molecule has 0 saturated heterocycles. The Balaban J connectivity index is 1.62. The summed E-state index contributed by atoms with van der Waals surface area (Å²) in [5.41, 5.74) is 0.992. The number of anilines is 3. The van der Waals surface area contributed by atoms with E-state index in [1.807, 2.05) is 18.2 Å². The molecule has 0 spiro atoms. The minimum atomic E-state index is -1.03. The third-order valence-electron chi connectivity index (χ3n) is 4.17. The Morgan fingerprint density at radius 3 is 2.00 bits per heavy atom. The van der Waals surface area contributed by atoms with Crippen LogP contribution in [0.5, 0.6) is 0 Å². The third kappa shape index (κ3) is 3.89. The van der Waals surface area contributed by atoms with Gasteiger partial charge in [-0.15, -0.1) is 23.2 Å². The van der Waals surface area contributed by atoms with Gasteiger partial charge in [0.1, 0.15) is 4.33 Å². The first kappa shape index (κ1) is 17.6. The number of para-hydroxylation sites is 1. The van der Waals surface area contributed by atoms with E-state index < -0.39 is 9.75 Å². The first-order chi connectivity index (χ1) is 11.8. The Kier molecular flexibility index (Phi) is 4.62. The van der Waals surface area contributed by atoms with Gasteiger partial charge in [0, 0.05) is 17.1 Å². The Labute approximate surface area is 155 Å². The van der Waals surface area contributed by atoms with Gasteiger partial charge in [-0.3, -0.25) is 4.79 Å². The first-order valence-electron chi connectivity index (χ1n) is 7.73. The number of carbonyl (C=O) groups is 2. The van der Waals surface area contributed by atoms with E-state index in [-0.39, 0.29) is 11.9 Å². The van der Waals surface area contributed by atoms with E-state index >= 15 is 0 Å². The minimum Gasteiger partial charge on any atom is -0.325 e. The van der Waals surface area contributed by atoms with Crippen LogP contribution in [-0.4, -0.2) is 16.3 Å². The third-order valence-corrected chi connectivity index (χ3v) is 5.27. The van der Waals surface area contributed by atoms with Crippen molar-refractivity contribution in [1.29, 1.82) is 0 Å². The lowest BCUT2D eigenvalue weighted by Crippen LogP contribution is -2.26. The number of hydrogen-bond donors (Lipinski definition) is 3. The van der Waals surface area contributed by atoms with Crippen LogP contribution in [0.4, 0.5) is 21.9 Å². The molecule has 1 fully saturated rings. The Hall–Kier alpha value is -2.24. The maximum absolute atomic E-state index is 12.3. The summed E-state index contributed by atoms with van der Waals surface area (Å²) in [5.74, 6) is -0.247. The number of rotatable bonds is 4. The molecule has 0 aromatic heterocycles. The highest BCUT2D eigenvalue weighted by molar-refractivity contribution is 6.53. The summed E-state index contributed by atoms with van der Waals surface area (Å²) < 4.78 is -1.03. The normalized spacial score (nSPS) is 20.4. The molecule has 2 aromatic carbocycles. The lowest BCUT2D eigenvalue weighted by Gasteiger charge is -2.14. The number of amides is 3. The zero-order chi connectivity index (χ0) is 18.1. The van der Waals surface area contributed by atoms with Crippen molar-refractivity contribution in [2.45, 2.75) is 17.7 Å². The monoisotopic (exact) mass is 377 g/mol. The second kappa shape index (κ2) is 6.58. The fraction of sp³-hybridized carbons (Fsp3) is 0.222. The van der Waals surface area contributed by atoms with Gasteiger partial charge in [0.05, 0.1) is 5.41 Å². The average Bonchev–Trinajstić information content (AvgIpc) is 3.08. The van der Waals surface area contributed by atoms with Crippen LogP contribution in [0.25, 0.3) is 0 Å². The van der Waals surface area contributed by atoms with Crippen LogP contribution < -0.4 is 16.0 Å². The van der Waals surface area contributed by atoms with Crippen LogP contribution in [0, 0.1) is 5.41 Å². The fourth-order valence-electron chi connectivity index (χ4n) is 2.40. The summed E-state index contributed by atoms with van der Waals surface area (Å²) in [6.45, 7) is 1.72. The molecule has 1 aliphatic carbocycles. The largest absolute Gasteiger partial charge is 0.325 e. The van der Waals surface area contributed by atoms with Gasteiger partial charge in [-0.2, -0.15) is 0 Å². The molecule has 25 heavy (non-hydrogen) atoms. The zero-order valence-corrected chi connectivity index (χ0v) is 15.0. The van der Waals surface area contributed by atoms with Crippen LogP contribution in [0.2, 0.25) is 0 Å². The number of hydrogen-bond acceptors (Lipinski definition) is 2. The molecule has 0 heterocycles. The molecule has 3 amide bonds. The predicted octanol–water partition coefficient (Wildman–Crippen LogP) is 4.85. The van der Waals surface area contributed by atoms with E-state index in [1.165, 1.54) is 0 Å². The van der Waals surface area contributed by atoms with E-state index in [0.717, 1.165) is 0 Å². The van der Waals surface area contributed by atoms with Crippen molar-refractivity contribution in [1.82, 2.24) is 0 Å². The molecule has 2 aromatic rings. The first-order valence-corrected chi connectivity index (χ1v) is 8.48. The molecule has 0 aliphatic heterocycles. The van der Waals surface area contributed by atoms with Crippen molar-refractivity contribution in [3.8, 4) is 0 Å². The number of urea groups is 1. The second-order valence-corrected chi connectivity index (χ2v) is 7.68. The Morgan fingerprint density at radius 1 is 0.880 bits per heavy atom. The van der Waals surface area contributed by atoms with Crippen LogP contribution in [0.1, 0.15) is 13.3 Å². The number of carbonyl (C=O) groups excluding carboxylic acids is 2. The molecule has 1 aliphatic rings. The standard InChI is InChI=1S/C18H17Cl2N3O2/c1-17(11-18(17,19)20)15(24)21-13-8-5-9-14(10-13)23-16(25)22-12-6-3-2-4-7-12/h2-10H,11H2,1H3,(H,21,24)(H2,22,23,25). The molecule has 3 N–H and O–H groups in total. The molecule has 0 radical (unpaired) electrons. The lowest BCUT2D eigenvalue weighted by molar-refractivity contribution is -0.120. The molecule has 0 bridgehead atoms. The van der Waals surface area contributed by atoms with Gasteiger partial charge in [-0.25, -0.2) is 4.79 Å². The van der Waals surface area contributed by atoms with Gasteiger partial charge in [0.15, 0.2) is 0 Å². The van der Waals surface area contributed by atoms with Crippen molar-refractivity contribution < 1.29 is 9.59 Å². The van der Waals surface area contributed by atoms with Crippen molar-refractivity contribution >= 4 is 52.2 Å². The van der Waals surface area contributed by atoms with Crippen molar-refractivity contribution in [3.05, 3.63) is 54.6 Å². The van der Waals surface area contributed by atoms with Crippen molar-refractivity contribution in [2.75, 3.05) is 16.0 Å². The van der Waals surface area contributed by atoms with Gasteiger partial charge in [-0.05, 0) is 43.7 Å². The Bertz CT molecular complexity index is 811. The van der Waals surface area contributed by atoms with E-state index in [0.29, 0.717) is 23.5 Å². The molecule has 3 rings (SSSR count). The van der Waals surface area contributed by atoms with Crippen molar-refractivity contribution in [3.63, 3.8) is 0 Å². The van der Waals surface area contributed by atoms with Gasteiger partial charge >= 0.3 is 6.03 Å². The highest BCUT2D eigenvalue weighted by Crippen LogP contribution is 2.64. The SMILES string of the molecule is CC1(C(=O)Nc2cccc(NC(=O)Nc3ccccc3)c2)CC1(Cl)Cl. The summed E-state index contributed by atoms with van der Waals surface area (Å²) in [6.07, 6.45) is 0.409. The van der Waals surface area contributed by atoms with Crippen molar-refractivity contribution in [2.24, 2.45) is 5.41 Å². The minimum absolute atomic E-state index is 0.247.